The van der Waals surface area contributed by atoms with Gasteiger partial charge in [0.15, 0.2) is 15.6 Å². The summed E-state index contributed by atoms with van der Waals surface area (Å²) in [5, 5.41) is 8.20. The zero-order valence-electron chi connectivity index (χ0n) is 34.6. The van der Waals surface area contributed by atoms with Crippen LogP contribution in [0, 0.1) is 13.8 Å². The number of carbonyl (C=O) groups is 5. The highest BCUT2D eigenvalue weighted by Gasteiger charge is 2.40. The van der Waals surface area contributed by atoms with E-state index in [1.165, 1.54) is 25.1 Å². The molecule has 20 heteroatoms. The zero-order valence-corrected chi connectivity index (χ0v) is 37.1. The van der Waals surface area contributed by atoms with E-state index in [1.54, 1.807) is 32.9 Å². The highest BCUT2D eigenvalue weighted by molar-refractivity contribution is 7.95. The van der Waals surface area contributed by atoms with Gasteiger partial charge in [0.2, 0.25) is 0 Å². The Morgan fingerprint density at radius 3 is 2.48 bits per heavy atom. The van der Waals surface area contributed by atoms with E-state index in [2.05, 4.69) is 39.7 Å². The van der Waals surface area contributed by atoms with Crippen LogP contribution in [0.1, 0.15) is 98.4 Å². The largest absolute Gasteiger partial charge is 0.426 e. The number of carbonyl (C=O) groups excluding carboxylic acids is 5. The number of anilines is 1. The molecular formula is C40H52N6O11S3. The Balaban J connectivity index is 1.14. The average Bonchev–Trinajstić information content (AvgIpc) is 3.87. The fraction of sp³-hybridized carbons (Fsp3) is 0.475. The van der Waals surface area contributed by atoms with Crippen LogP contribution in [0.2, 0.25) is 0 Å². The number of nitrogens with one attached hydrogen (secondary N) is 5. The van der Waals surface area contributed by atoms with E-state index < -0.39 is 55.5 Å². The minimum absolute atomic E-state index is 0.0604. The number of sulfone groups is 1. The van der Waals surface area contributed by atoms with Crippen molar-refractivity contribution >= 4 is 78.0 Å². The molecule has 5 N–H and O–H groups in total. The van der Waals surface area contributed by atoms with Crippen LogP contribution >= 0.6 is 11.3 Å². The number of H-pyrrole nitrogens is 1. The van der Waals surface area contributed by atoms with E-state index in [0.29, 0.717) is 63.8 Å². The number of esters is 1. The van der Waals surface area contributed by atoms with Gasteiger partial charge in [0.1, 0.15) is 26.9 Å². The summed E-state index contributed by atoms with van der Waals surface area (Å²) in [5.74, 6) is -2.86. The molecule has 0 radical (unpaired) electrons. The summed E-state index contributed by atoms with van der Waals surface area (Å²) in [7, 11) is -8.23. The minimum Gasteiger partial charge on any atom is -0.426 e. The first-order chi connectivity index (χ1) is 28.3. The van der Waals surface area contributed by atoms with Crippen LogP contribution in [0.3, 0.4) is 0 Å². The van der Waals surface area contributed by atoms with Crippen molar-refractivity contribution in [3.63, 3.8) is 0 Å². The summed E-state index contributed by atoms with van der Waals surface area (Å²) < 4.78 is 64.4. The number of likely N-dealkylation sites (N-methyl/N-ethyl adjacent to an activating group) is 1. The molecule has 2 aliphatic heterocycles. The van der Waals surface area contributed by atoms with Crippen LogP contribution < -0.4 is 25.4 Å². The van der Waals surface area contributed by atoms with E-state index in [1.807, 2.05) is 11.6 Å². The predicted molar refractivity (Wildman–Crippen MR) is 226 cm³/mol. The van der Waals surface area contributed by atoms with Crippen molar-refractivity contribution in [1.82, 2.24) is 25.2 Å². The molecular weight excluding hydrogens is 837 g/mol. The number of fused-ring (bicyclic) bond motifs is 2. The average molecular weight is 889 g/mol. The molecule has 0 bridgehead atoms. The molecule has 0 saturated heterocycles. The van der Waals surface area contributed by atoms with Gasteiger partial charge in [0.05, 0.1) is 22.8 Å². The standard InChI is InChI=1S/C40H52N6O11S3/c1-8-41-33-17-22(4)59(52,53)40-30(33)20-35(58-40)60(54,55)45-37(49)25(7)56-21-26(47)11-14-34(48)57-27-12-13-31-28(18-27)29(38(50)44-31)19-32-23(5)36(24(6)43-32)39(51)42-15-16-46(9-2)10-3/h12-13,18-20,22,25,33,41,43H,8-11,14-17,21H2,1-7H3,(H,42,51)(H,44,50)(H,45,49)/b29-19-/t22-,25-,33-/m0/s1. The monoisotopic (exact) mass is 888 g/mol. The molecule has 0 saturated carbocycles. The fourth-order valence-electron chi connectivity index (χ4n) is 6.96. The van der Waals surface area contributed by atoms with Crippen molar-refractivity contribution in [2.24, 2.45) is 0 Å². The Kier molecular flexibility index (Phi) is 14.9. The highest BCUT2D eigenvalue weighted by Crippen LogP contribution is 2.43. The van der Waals surface area contributed by atoms with Crippen molar-refractivity contribution in [2.45, 2.75) is 93.5 Å². The topological polar surface area (TPSA) is 239 Å². The maximum atomic E-state index is 13.1. The molecule has 2 aliphatic rings. The Hall–Kier alpha value is -4.73. The molecule has 3 amide bonds. The number of ether oxygens (including phenoxy) is 2. The first kappa shape index (κ1) is 46.3. The lowest BCUT2D eigenvalue weighted by atomic mass is 10.0. The molecule has 4 heterocycles. The number of hydrogen-bond donors (Lipinski definition) is 5. The normalized spacial score (nSPS) is 18.1. The van der Waals surface area contributed by atoms with E-state index in [4.69, 9.17) is 9.47 Å². The number of Topliss-reactive ketones (excluding diaryl/α,β-unsaturated/α-hetero) is 1. The quantitative estimate of drug-likeness (QED) is 0.0658. The molecule has 3 atom stereocenters. The number of sulfonamides is 1. The van der Waals surface area contributed by atoms with Crippen molar-refractivity contribution in [1.29, 1.82) is 0 Å². The summed E-state index contributed by atoms with van der Waals surface area (Å²) in [5.41, 5.74) is 3.97. The van der Waals surface area contributed by atoms with Gasteiger partial charge in [-0.1, -0.05) is 20.8 Å². The van der Waals surface area contributed by atoms with Gasteiger partial charge in [-0.05, 0) is 89.7 Å². The van der Waals surface area contributed by atoms with Crippen LogP contribution in [0.5, 0.6) is 5.75 Å². The van der Waals surface area contributed by atoms with Gasteiger partial charge in [-0.3, -0.25) is 24.0 Å². The number of thiophene rings is 1. The van der Waals surface area contributed by atoms with Crippen molar-refractivity contribution in [3.05, 3.63) is 57.9 Å². The molecule has 17 nitrogen and oxygen atoms in total. The minimum atomic E-state index is -4.48. The van der Waals surface area contributed by atoms with E-state index >= 15 is 0 Å². The lowest BCUT2D eigenvalue weighted by molar-refractivity contribution is -0.139. The van der Waals surface area contributed by atoms with Crippen molar-refractivity contribution in [3.8, 4) is 5.75 Å². The molecule has 5 rings (SSSR count). The third kappa shape index (κ3) is 10.4. The Morgan fingerprint density at radius 2 is 1.80 bits per heavy atom. The molecule has 0 unspecified atom stereocenters. The van der Waals surface area contributed by atoms with Gasteiger partial charge in [0, 0.05) is 53.8 Å². The Morgan fingerprint density at radius 1 is 1.08 bits per heavy atom. The van der Waals surface area contributed by atoms with Gasteiger partial charge in [-0.2, -0.15) is 0 Å². The zero-order chi connectivity index (χ0) is 44.1. The number of benzene rings is 1. The lowest BCUT2D eigenvalue weighted by Crippen LogP contribution is -2.39. The lowest BCUT2D eigenvalue weighted by Gasteiger charge is -2.27. The number of aromatic nitrogens is 1. The number of aromatic amines is 1. The van der Waals surface area contributed by atoms with E-state index in [9.17, 15) is 40.8 Å². The third-order valence-corrected chi connectivity index (χ3v) is 16.2. The van der Waals surface area contributed by atoms with Gasteiger partial charge >= 0.3 is 5.97 Å². The number of ketones is 1. The summed E-state index contributed by atoms with van der Waals surface area (Å²) in [6.45, 7) is 15.3. The van der Waals surface area contributed by atoms with Crippen LogP contribution in [0.25, 0.3) is 11.6 Å². The molecule has 1 aromatic carbocycles. The summed E-state index contributed by atoms with van der Waals surface area (Å²) in [6.07, 6.45) is -0.128. The SMILES string of the molecule is CCN[C@H]1C[C@H](C)S(=O)(=O)c2sc(S(=O)(=O)NC(=O)[C@H](C)OCC(=O)CCC(=O)Oc3ccc4c(c3)/C(=C/c3[nH]c(C)c(C(=O)NCCN(CC)CC)c3C)C(=O)N4)cc21. The fourth-order valence-corrected chi connectivity index (χ4v) is 12.0. The van der Waals surface area contributed by atoms with E-state index in [0.717, 1.165) is 19.6 Å². The number of nitrogens with zero attached hydrogens (tertiary/aromatic N) is 1. The number of rotatable bonds is 19. The molecule has 0 fully saturated rings. The van der Waals surface area contributed by atoms with Gasteiger partial charge in [-0.15, -0.1) is 11.3 Å². The first-order valence-electron chi connectivity index (χ1n) is 19.7. The van der Waals surface area contributed by atoms with Crippen molar-refractivity contribution < 1.29 is 50.3 Å². The Bertz CT molecular complexity index is 2420. The smallest absolute Gasteiger partial charge is 0.311 e. The van der Waals surface area contributed by atoms with Gasteiger partial charge in [-0.25, -0.2) is 21.6 Å². The van der Waals surface area contributed by atoms with Crippen LogP contribution in [-0.4, -0.2) is 107 Å². The second-order valence-corrected chi connectivity index (χ2v) is 20.1. The molecule has 60 heavy (non-hydrogen) atoms. The number of aryl methyl sites for hydroxylation is 1. The highest BCUT2D eigenvalue weighted by atomic mass is 32.3. The maximum absolute atomic E-state index is 13.1. The van der Waals surface area contributed by atoms with Crippen LogP contribution in [0.15, 0.2) is 32.7 Å². The number of hydrogen-bond acceptors (Lipinski definition) is 14. The molecule has 2 aromatic heterocycles. The van der Waals surface area contributed by atoms with Gasteiger partial charge in [0.25, 0.3) is 27.7 Å². The van der Waals surface area contributed by atoms with E-state index in [-0.39, 0.29) is 56.9 Å². The second kappa shape index (κ2) is 19.3. The van der Waals surface area contributed by atoms with Crippen LogP contribution in [0.4, 0.5) is 5.69 Å². The summed E-state index contributed by atoms with van der Waals surface area (Å²) in [6, 6.07) is 5.49. The summed E-state index contributed by atoms with van der Waals surface area (Å²) in [4.78, 5) is 69.6. The predicted octanol–water partition coefficient (Wildman–Crippen LogP) is 3.64. The number of amides is 3. The third-order valence-electron chi connectivity index (χ3n) is 10.5. The summed E-state index contributed by atoms with van der Waals surface area (Å²) >= 11 is 0.571. The van der Waals surface area contributed by atoms with Gasteiger partial charge < -0.3 is 35.3 Å². The Labute approximate surface area is 354 Å². The van der Waals surface area contributed by atoms with Crippen molar-refractivity contribution in [2.75, 3.05) is 44.6 Å². The van der Waals surface area contributed by atoms with Crippen LogP contribution in [-0.2, 0) is 43.8 Å². The first-order valence-corrected chi connectivity index (χ1v) is 23.5. The molecule has 0 aliphatic carbocycles. The maximum Gasteiger partial charge on any atom is 0.311 e. The molecule has 0 spiro atoms. The molecule has 3 aromatic rings. The second-order valence-electron chi connectivity index (χ2n) is 14.6. The molecule has 326 valence electrons.